The molecule has 1 fully saturated rings. The van der Waals surface area contributed by atoms with Gasteiger partial charge in [-0.25, -0.2) is 0 Å². The van der Waals surface area contributed by atoms with Crippen LogP contribution in [-0.2, 0) is 11.3 Å². The average Bonchev–Trinajstić information content (AvgIpc) is 2.46. The van der Waals surface area contributed by atoms with E-state index in [4.69, 9.17) is 4.74 Å². The summed E-state index contributed by atoms with van der Waals surface area (Å²) in [5.74, 6) is 1.55. The second-order valence-corrected chi connectivity index (χ2v) is 5.13. The van der Waals surface area contributed by atoms with Crippen LogP contribution in [0, 0.1) is 5.92 Å². The summed E-state index contributed by atoms with van der Waals surface area (Å²) >= 11 is 0. The van der Waals surface area contributed by atoms with Crippen molar-refractivity contribution in [1.29, 1.82) is 0 Å². The minimum absolute atomic E-state index is 0.613. The van der Waals surface area contributed by atoms with E-state index in [-0.39, 0.29) is 0 Å². The van der Waals surface area contributed by atoms with Gasteiger partial charge >= 0.3 is 0 Å². The van der Waals surface area contributed by atoms with E-state index in [1.54, 1.807) is 0 Å². The molecule has 19 heavy (non-hydrogen) atoms. The van der Waals surface area contributed by atoms with Crippen molar-refractivity contribution in [3.63, 3.8) is 0 Å². The number of hydrogen-bond acceptors (Lipinski definition) is 5. The summed E-state index contributed by atoms with van der Waals surface area (Å²) in [5, 5.41) is 11.8. The van der Waals surface area contributed by atoms with Crippen LogP contribution in [0.25, 0.3) is 0 Å². The summed E-state index contributed by atoms with van der Waals surface area (Å²) in [6, 6.07) is 4.09. The van der Waals surface area contributed by atoms with Gasteiger partial charge in [0.2, 0.25) is 0 Å². The lowest BCUT2D eigenvalue weighted by molar-refractivity contribution is 0.0576. The van der Waals surface area contributed by atoms with E-state index in [2.05, 4.69) is 34.4 Å². The molecule has 0 aliphatic carbocycles. The predicted octanol–water partition coefficient (Wildman–Crippen LogP) is 1.45. The number of aromatic nitrogens is 2. The monoisotopic (exact) mass is 264 g/mol. The van der Waals surface area contributed by atoms with Crippen molar-refractivity contribution in [3.8, 4) is 0 Å². The first-order valence-electron chi connectivity index (χ1n) is 7.11. The van der Waals surface area contributed by atoms with Crippen LogP contribution in [0.1, 0.15) is 25.5 Å². The molecule has 1 aromatic rings. The Morgan fingerprint density at radius 1 is 1.42 bits per heavy atom. The van der Waals surface area contributed by atoms with Crippen LogP contribution in [0.15, 0.2) is 12.1 Å². The van der Waals surface area contributed by atoms with Gasteiger partial charge in [0, 0.05) is 26.7 Å². The average molecular weight is 264 g/mol. The quantitative estimate of drug-likeness (QED) is 0.843. The van der Waals surface area contributed by atoms with Gasteiger partial charge in [-0.15, -0.1) is 5.10 Å². The Hall–Kier alpha value is -1.20. The Morgan fingerprint density at radius 3 is 2.95 bits per heavy atom. The number of rotatable bonds is 6. The predicted molar refractivity (Wildman–Crippen MR) is 76.2 cm³/mol. The molecule has 2 rings (SSSR count). The van der Waals surface area contributed by atoms with Crippen LogP contribution in [0.2, 0.25) is 0 Å². The second-order valence-electron chi connectivity index (χ2n) is 5.13. The Bertz CT molecular complexity index is 362. The van der Waals surface area contributed by atoms with E-state index in [1.807, 2.05) is 12.1 Å². The van der Waals surface area contributed by atoms with E-state index in [1.165, 1.54) is 12.8 Å². The molecule has 5 nitrogen and oxygen atoms in total. The van der Waals surface area contributed by atoms with E-state index in [0.717, 1.165) is 44.4 Å². The Balaban J connectivity index is 1.85. The number of nitrogens with one attached hydrogen (secondary N) is 1. The summed E-state index contributed by atoms with van der Waals surface area (Å²) in [5.41, 5.74) is 0.986. The lowest BCUT2D eigenvalue weighted by Crippen LogP contribution is -2.31. The van der Waals surface area contributed by atoms with Gasteiger partial charge in [0.25, 0.3) is 0 Å². The standard InChI is InChI=1S/C14H24N4O/c1-3-15-9-13-6-7-14(17-16-13)18(2)10-12-5-4-8-19-11-12/h6-7,12,15H,3-5,8-11H2,1-2H3. The SMILES string of the molecule is CCNCc1ccc(N(C)CC2CCCOC2)nn1. The van der Waals surface area contributed by atoms with Gasteiger partial charge < -0.3 is 15.0 Å². The molecule has 1 atom stereocenters. The van der Waals surface area contributed by atoms with Crippen molar-refractivity contribution < 1.29 is 4.74 Å². The first kappa shape index (κ1) is 14.2. The zero-order valence-electron chi connectivity index (χ0n) is 11.9. The van der Waals surface area contributed by atoms with Gasteiger partial charge in [0.1, 0.15) is 0 Å². The van der Waals surface area contributed by atoms with Crippen molar-refractivity contribution in [2.75, 3.05) is 38.3 Å². The molecule has 2 heterocycles. The highest BCUT2D eigenvalue weighted by Crippen LogP contribution is 2.17. The minimum Gasteiger partial charge on any atom is -0.381 e. The molecule has 0 bridgehead atoms. The molecule has 5 heteroatoms. The zero-order chi connectivity index (χ0) is 13.5. The fraction of sp³-hybridized carbons (Fsp3) is 0.714. The van der Waals surface area contributed by atoms with E-state index >= 15 is 0 Å². The maximum Gasteiger partial charge on any atom is 0.150 e. The summed E-state index contributed by atoms with van der Waals surface area (Å²) < 4.78 is 5.51. The van der Waals surface area contributed by atoms with Gasteiger partial charge in [-0.05, 0) is 37.4 Å². The van der Waals surface area contributed by atoms with E-state index in [0.29, 0.717) is 5.92 Å². The van der Waals surface area contributed by atoms with Crippen molar-refractivity contribution in [2.45, 2.75) is 26.3 Å². The summed E-state index contributed by atoms with van der Waals surface area (Å²) in [6.07, 6.45) is 2.42. The van der Waals surface area contributed by atoms with Gasteiger partial charge in [0.15, 0.2) is 5.82 Å². The normalized spacial score (nSPS) is 19.4. The lowest BCUT2D eigenvalue weighted by atomic mass is 10.0. The van der Waals surface area contributed by atoms with Crippen molar-refractivity contribution in [2.24, 2.45) is 5.92 Å². The molecule has 0 saturated carbocycles. The topological polar surface area (TPSA) is 50.3 Å². The van der Waals surface area contributed by atoms with Gasteiger partial charge in [0.05, 0.1) is 12.3 Å². The van der Waals surface area contributed by atoms with Crippen LogP contribution in [0.3, 0.4) is 0 Å². The maximum absolute atomic E-state index is 5.51. The maximum atomic E-state index is 5.51. The fourth-order valence-corrected chi connectivity index (χ4v) is 2.34. The molecular formula is C14H24N4O. The molecule has 1 saturated heterocycles. The van der Waals surface area contributed by atoms with Crippen molar-refractivity contribution in [1.82, 2.24) is 15.5 Å². The van der Waals surface area contributed by atoms with Crippen LogP contribution < -0.4 is 10.2 Å². The second kappa shape index (κ2) is 7.40. The molecule has 0 radical (unpaired) electrons. The summed E-state index contributed by atoms with van der Waals surface area (Å²) in [4.78, 5) is 2.17. The fourth-order valence-electron chi connectivity index (χ4n) is 2.34. The molecule has 0 spiro atoms. The molecule has 1 unspecified atom stereocenters. The summed E-state index contributed by atoms with van der Waals surface area (Å²) in [7, 11) is 2.07. The largest absolute Gasteiger partial charge is 0.381 e. The van der Waals surface area contributed by atoms with E-state index < -0.39 is 0 Å². The minimum atomic E-state index is 0.613. The van der Waals surface area contributed by atoms with Crippen LogP contribution in [0.4, 0.5) is 5.82 Å². The highest BCUT2D eigenvalue weighted by Gasteiger charge is 2.16. The molecule has 0 amide bonds. The van der Waals surface area contributed by atoms with Crippen LogP contribution in [-0.4, -0.2) is 43.5 Å². The molecular weight excluding hydrogens is 240 g/mol. The Morgan fingerprint density at radius 2 is 2.32 bits per heavy atom. The number of hydrogen-bond donors (Lipinski definition) is 1. The number of anilines is 1. The Kier molecular flexibility index (Phi) is 5.54. The van der Waals surface area contributed by atoms with Gasteiger partial charge in [-0.3, -0.25) is 0 Å². The first-order chi connectivity index (χ1) is 9.29. The summed E-state index contributed by atoms with van der Waals surface area (Å²) in [6.45, 7) is 6.59. The smallest absolute Gasteiger partial charge is 0.150 e. The molecule has 1 aliphatic rings. The third-order valence-electron chi connectivity index (χ3n) is 3.44. The number of ether oxygens (including phenoxy) is 1. The number of nitrogens with zero attached hydrogens (tertiary/aromatic N) is 3. The van der Waals surface area contributed by atoms with Crippen LogP contribution in [0.5, 0.6) is 0 Å². The molecule has 1 N–H and O–H groups in total. The molecule has 1 aromatic heterocycles. The highest BCUT2D eigenvalue weighted by atomic mass is 16.5. The van der Waals surface area contributed by atoms with Gasteiger partial charge in [-0.1, -0.05) is 6.92 Å². The van der Waals surface area contributed by atoms with Crippen molar-refractivity contribution in [3.05, 3.63) is 17.8 Å². The molecule has 106 valence electrons. The van der Waals surface area contributed by atoms with E-state index in [9.17, 15) is 0 Å². The van der Waals surface area contributed by atoms with Gasteiger partial charge in [-0.2, -0.15) is 5.10 Å². The molecule has 0 aromatic carbocycles. The van der Waals surface area contributed by atoms with Crippen molar-refractivity contribution >= 4 is 5.82 Å². The lowest BCUT2D eigenvalue weighted by Gasteiger charge is -2.27. The first-order valence-corrected chi connectivity index (χ1v) is 7.11. The Labute approximate surface area is 115 Å². The zero-order valence-corrected chi connectivity index (χ0v) is 11.9. The third-order valence-corrected chi connectivity index (χ3v) is 3.44. The highest BCUT2D eigenvalue weighted by molar-refractivity contribution is 5.36. The molecule has 1 aliphatic heterocycles. The third kappa shape index (κ3) is 4.44. The van der Waals surface area contributed by atoms with Crippen LogP contribution >= 0.6 is 0 Å².